The molecule has 1 heterocycles. The number of hydrogen-bond acceptors (Lipinski definition) is 10. The Morgan fingerprint density at radius 3 is 2.35 bits per heavy atom. The molecule has 3 amide bonds. The molecule has 0 spiro atoms. The van der Waals surface area contributed by atoms with Crippen molar-refractivity contribution < 1.29 is 47.7 Å². The largest absolute Gasteiger partial charge is 0.493 e. The molecule has 0 aliphatic carbocycles. The highest BCUT2D eigenvalue weighted by Gasteiger charge is 2.41. The van der Waals surface area contributed by atoms with E-state index in [1.807, 2.05) is 13.8 Å². The number of methoxy groups -OCH3 is 2. The molecule has 2 N–H and O–H groups in total. The van der Waals surface area contributed by atoms with Gasteiger partial charge in [-0.25, -0.2) is 0 Å². The van der Waals surface area contributed by atoms with E-state index in [0.717, 1.165) is 0 Å². The summed E-state index contributed by atoms with van der Waals surface area (Å²) in [5, 5.41) is 0.377. The summed E-state index contributed by atoms with van der Waals surface area (Å²) in [6.45, 7) is 6.91. The van der Waals surface area contributed by atoms with Gasteiger partial charge in [-0.1, -0.05) is 37.6 Å². The third kappa shape index (κ3) is 9.57. The molecule has 2 aromatic rings. The lowest BCUT2D eigenvalue weighted by molar-refractivity contribution is -0.145. The van der Waals surface area contributed by atoms with E-state index in [0.29, 0.717) is 33.3 Å². The molecule has 0 aromatic heterocycles. The zero-order valence-electron chi connectivity index (χ0n) is 26.8. The van der Waals surface area contributed by atoms with E-state index in [1.54, 1.807) is 43.3 Å². The molecule has 3 rings (SSSR count). The van der Waals surface area contributed by atoms with Crippen LogP contribution >= 0.6 is 11.6 Å². The van der Waals surface area contributed by atoms with E-state index in [4.69, 9.17) is 35.3 Å². The Bertz CT molecular complexity index is 1450. The predicted octanol–water partition coefficient (Wildman–Crippen LogP) is 3.65. The minimum absolute atomic E-state index is 0.0199. The summed E-state index contributed by atoms with van der Waals surface area (Å²) in [7, 11) is 2.96. The van der Waals surface area contributed by atoms with Crippen LogP contribution in [0.2, 0.25) is 5.02 Å². The number of ether oxygens (including phenoxy) is 5. The Hall–Kier alpha value is -4.36. The molecule has 0 saturated carbocycles. The number of para-hydroxylation sites is 1. The Balaban J connectivity index is 2.00. The molecule has 2 atom stereocenters. The molecule has 0 bridgehead atoms. The molecule has 14 heteroatoms. The molecule has 0 saturated heterocycles. The SMILES string of the molecule is CCOC(=O)CCC(=O)NNC(=O)CC1OC(c2cccc(OC)c2OC)c2cc(Cl)ccc2N(CC(C)(C)COC(C)=O)C1=O. The van der Waals surface area contributed by atoms with E-state index in [2.05, 4.69) is 10.9 Å². The van der Waals surface area contributed by atoms with Crippen molar-refractivity contribution >= 4 is 46.9 Å². The van der Waals surface area contributed by atoms with E-state index >= 15 is 0 Å². The molecule has 0 radical (unpaired) electrons. The van der Waals surface area contributed by atoms with Crippen LogP contribution in [0.4, 0.5) is 5.69 Å². The first-order valence-electron chi connectivity index (χ1n) is 14.6. The van der Waals surface area contributed by atoms with Crippen LogP contribution in [0.1, 0.15) is 64.2 Å². The number of carbonyl (C=O) groups is 5. The minimum Gasteiger partial charge on any atom is -0.493 e. The lowest BCUT2D eigenvalue weighted by atomic mass is 9.92. The second-order valence-corrected chi connectivity index (χ2v) is 11.7. The van der Waals surface area contributed by atoms with Crippen molar-refractivity contribution in [1.82, 2.24) is 10.9 Å². The van der Waals surface area contributed by atoms with Gasteiger partial charge in [-0.2, -0.15) is 0 Å². The average molecular weight is 662 g/mol. The molecule has 1 aliphatic rings. The molecular formula is C32H40ClN3O10. The molecule has 2 aromatic carbocycles. The predicted molar refractivity (Wildman–Crippen MR) is 167 cm³/mol. The number of nitrogens with zero attached hydrogens (tertiary/aromatic N) is 1. The zero-order chi connectivity index (χ0) is 34.0. The third-order valence-electron chi connectivity index (χ3n) is 6.95. The van der Waals surface area contributed by atoms with Gasteiger partial charge in [0.2, 0.25) is 11.8 Å². The minimum atomic E-state index is -1.35. The summed E-state index contributed by atoms with van der Waals surface area (Å²) in [5.41, 5.74) is 5.31. The van der Waals surface area contributed by atoms with Gasteiger partial charge in [-0.05, 0) is 31.2 Å². The maximum Gasteiger partial charge on any atom is 0.306 e. The third-order valence-corrected chi connectivity index (χ3v) is 7.18. The van der Waals surface area contributed by atoms with Crippen molar-refractivity contribution in [3.63, 3.8) is 0 Å². The van der Waals surface area contributed by atoms with Crippen molar-refractivity contribution in [2.24, 2.45) is 5.41 Å². The number of rotatable bonds is 13. The molecule has 46 heavy (non-hydrogen) atoms. The van der Waals surface area contributed by atoms with Gasteiger partial charge in [0.1, 0.15) is 12.2 Å². The van der Waals surface area contributed by atoms with Gasteiger partial charge in [0, 0.05) is 47.1 Å². The number of carbonyl (C=O) groups excluding carboxylic acids is 5. The van der Waals surface area contributed by atoms with E-state index in [9.17, 15) is 24.0 Å². The number of halogens is 1. The molecule has 1 aliphatic heterocycles. The highest BCUT2D eigenvalue weighted by molar-refractivity contribution is 6.30. The van der Waals surface area contributed by atoms with E-state index in [1.165, 1.54) is 26.0 Å². The van der Waals surface area contributed by atoms with Crippen molar-refractivity contribution in [3.8, 4) is 11.5 Å². The van der Waals surface area contributed by atoms with Crippen LogP contribution < -0.4 is 25.2 Å². The molecular weight excluding hydrogens is 622 g/mol. The van der Waals surface area contributed by atoms with Gasteiger partial charge >= 0.3 is 11.9 Å². The molecule has 0 fully saturated rings. The number of anilines is 1. The Morgan fingerprint density at radius 2 is 1.70 bits per heavy atom. The number of nitrogens with one attached hydrogen (secondary N) is 2. The van der Waals surface area contributed by atoms with Gasteiger partial charge in [0.05, 0.1) is 40.3 Å². The number of amides is 3. The summed E-state index contributed by atoms with van der Waals surface area (Å²) in [6, 6.07) is 10.2. The van der Waals surface area contributed by atoms with Gasteiger partial charge in [-0.15, -0.1) is 0 Å². The second-order valence-electron chi connectivity index (χ2n) is 11.3. The fraction of sp³-hybridized carbons (Fsp3) is 0.469. The van der Waals surface area contributed by atoms with Gasteiger partial charge in [0.25, 0.3) is 5.91 Å². The van der Waals surface area contributed by atoms with E-state index < -0.39 is 53.7 Å². The Kier molecular flexibility index (Phi) is 12.8. The summed E-state index contributed by atoms with van der Waals surface area (Å²) < 4.78 is 27.7. The quantitative estimate of drug-likeness (QED) is 0.240. The Labute approximate surface area is 272 Å². The van der Waals surface area contributed by atoms with E-state index in [-0.39, 0.29) is 32.6 Å². The lowest BCUT2D eigenvalue weighted by Gasteiger charge is -2.33. The standard InChI is InChI=1S/C32H40ClN3O10/c1-7-44-28(40)14-13-26(38)34-35-27(39)16-25-31(41)36(17-32(3,4)18-45-19(2)37)23-12-11-20(33)15-22(23)29(46-25)21-9-8-10-24(42-5)30(21)43-6/h8-12,15,25,29H,7,13-14,16-18H2,1-6H3,(H,34,38)(H,35,39). The van der Waals surface area contributed by atoms with Crippen LogP contribution in [0.5, 0.6) is 11.5 Å². The lowest BCUT2D eigenvalue weighted by Crippen LogP contribution is -2.48. The first kappa shape index (κ1) is 36.1. The number of fused-ring (bicyclic) bond motifs is 1. The maximum atomic E-state index is 14.3. The van der Waals surface area contributed by atoms with Crippen LogP contribution in [0.15, 0.2) is 36.4 Å². The Morgan fingerprint density at radius 1 is 0.978 bits per heavy atom. The molecule has 13 nitrogen and oxygen atoms in total. The van der Waals surface area contributed by atoms with Crippen molar-refractivity contribution in [2.45, 2.75) is 59.2 Å². The van der Waals surface area contributed by atoms with Gasteiger partial charge in [-0.3, -0.25) is 34.8 Å². The molecule has 250 valence electrons. The van der Waals surface area contributed by atoms with Crippen LogP contribution in [-0.2, 0) is 38.2 Å². The van der Waals surface area contributed by atoms with Crippen LogP contribution in [-0.4, -0.2) is 69.7 Å². The monoisotopic (exact) mass is 661 g/mol. The first-order valence-corrected chi connectivity index (χ1v) is 15.0. The van der Waals surface area contributed by atoms with Crippen LogP contribution in [0.3, 0.4) is 0 Å². The van der Waals surface area contributed by atoms with Crippen molar-refractivity contribution in [2.75, 3.05) is 38.9 Å². The van der Waals surface area contributed by atoms with Crippen molar-refractivity contribution in [3.05, 3.63) is 52.5 Å². The summed E-state index contributed by atoms with van der Waals surface area (Å²) in [5.74, 6) is -2.12. The molecule has 2 unspecified atom stereocenters. The second kappa shape index (κ2) is 16.3. The number of esters is 2. The maximum absolute atomic E-state index is 14.3. The summed E-state index contributed by atoms with van der Waals surface area (Å²) in [6.07, 6.45) is -3.17. The highest BCUT2D eigenvalue weighted by atomic mass is 35.5. The fourth-order valence-electron chi connectivity index (χ4n) is 4.87. The normalized spacial score (nSPS) is 16.1. The van der Waals surface area contributed by atoms with Gasteiger partial charge in [0.15, 0.2) is 11.5 Å². The van der Waals surface area contributed by atoms with Crippen LogP contribution in [0.25, 0.3) is 0 Å². The van der Waals surface area contributed by atoms with Crippen molar-refractivity contribution in [1.29, 1.82) is 0 Å². The van der Waals surface area contributed by atoms with Crippen LogP contribution in [0, 0.1) is 5.41 Å². The zero-order valence-corrected chi connectivity index (χ0v) is 27.5. The highest BCUT2D eigenvalue weighted by Crippen LogP contribution is 2.45. The number of hydrogen-bond donors (Lipinski definition) is 2. The summed E-state index contributed by atoms with van der Waals surface area (Å²) in [4.78, 5) is 64.2. The number of hydrazine groups is 1. The summed E-state index contributed by atoms with van der Waals surface area (Å²) >= 11 is 6.47. The topological polar surface area (TPSA) is 159 Å². The average Bonchev–Trinajstić information content (AvgIpc) is 3.11. The van der Waals surface area contributed by atoms with Gasteiger partial charge < -0.3 is 28.6 Å². The fourth-order valence-corrected chi connectivity index (χ4v) is 5.05. The first-order chi connectivity index (χ1) is 21.8. The smallest absolute Gasteiger partial charge is 0.306 e. The number of benzene rings is 2.